The van der Waals surface area contributed by atoms with Crippen LogP contribution in [-0.2, 0) is 9.59 Å². The van der Waals surface area contributed by atoms with Gasteiger partial charge in [0.05, 0.1) is 12.8 Å². The highest BCUT2D eigenvalue weighted by Crippen LogP contribution is 2.36. The Morgan fingerprint density at radius 1 is 1.02 bits per heavy atom. The molecule has 0 saturated carbocycles. The van der Waals surface area contributed by atoms with Gasteiger partial charge in [-0.3, -0.25) is 9.59 Å². The average Bonchev–Trinajstić information content (AvgIpc) is 3.02. The first-order valence-corrected chi connectivity index (χ1v) is 15.0. The Morgan fingerprint density at radius 3 is 2.34 bits per heavy atom. The van der Waals surface area contributed by atoms with Crippen LogP contribution in [0.1, 0.15) is 72.0 Å². The van der Waals surface area contributed by atoms with Crippen molar-refractivity contribution in [2.24, 2.45) is 0 Å². The highest BCUT2D eigenvalue weighted by molar-refractivity contribution is 6.05. The molecular weight excluding hydrogens is 564 g/mol. The Bertz CT molecular complexity index is 1540. The van der Waals surface area contributed by atoms with Gasteiger partial charge in [-0.25, -0.2) is 13.6 Å². The summed E-state index contributed by atoms with van der Waals surface area (Å²) in [5.74, 6) is 0.932. The van der Waals surface area contributed by atoms with Crippen LogP contribution in [0, 0.1) is 25.5 Å². The van der Waals surface area contributed by atoms with Gasteiger partial charge < -0.3 is 19.9 Å². The zero-order valence-electron chi connectivity index (χ0n) is 25.7. The topological polar surface area (TPSA) is 79.0 Å². The molecule has 7 nitrogen and oxygen atoms in total. The van der Waals surface area contributed by atoms with Crippen molar-refractivity contribution in [3.63, 3.8) is 0 Å². The Hall–Kier alpha value is -4.49. The number of amides is 2. The molecule has 0 bridgehead atoms. The first-order valence-electron chi connectivity index (χ1n) is 15.0. The molecule has 0 unspecified atom stereocenters. The predicted octanol–water partition coefficient (Wildman–Crippen LogP) is 6.96. The van der Waals surface area contributed by atoms with E-state index in [1.807, 2.05) is 37.7 Å². The van der Waals surface area contributed by atoms with E-state index in [1.54, 1.807) is 31.4 Å². The van der Waals surface area contributed by atoms with E-state index in [0.717, 1.165) is 47.4 Å². The van der Waals surface area contributed by atoms with Crippen LogP contribution < -0.4 is 15.0 Å². The van der Waals surface area contributed by atoms with Crippen molar-refractivity contribution < 1.29 is 27.9 Å². The third-order valence-electron chi connectivity index (χ3n) is 8.28. The fourth-order valence-corrected chi connectivity index (χ4v) is 5.81. The molecule has 1 aliphatic heterocycles. The fourth-order valence-electron chi connectivity index (χ4n) is 5.81. The van der Waals surface area contributed by atoms with E-state index in [2.05, 4.69) is 11.4 Å². The number of hydrogen-bond acceptors (Lipinski definition) is 5. The van der Waals surface area contributed by atoms with E-state index in [0.29, 0.717) is 36.5 Å². The van der Waals surface area contributed by atoms with Crippen LogP contribution in [0.3, 0.4) is 0 Å². The second-order valence-electron chi connectivity index (χ2n) is 11.1. The number of piperidine rings is 1. The van der Waals surface area contributed by atoms with Crippen LogP contribution in [0.5, 0.6) is 5.75 Å². The van der Waals surface area contributed by atoms with Crippen molar-refractivity contribution in [3.8, 4) is 5.75 Å². The Balaban J connectivity index is 1.42. The van der Waals surface area contributed by atoms with Gasteiger partial charge >= 0.3 is 0 Å². The molecule has 9 heteroatoms. The summed E-state index contributed by atoms with van der Waals surface area (Å²) in [5, 5.41) is 3.09. The summed E-state index contributed by atoms with van der Waals surface area (Å²) < 4.78 is 33.3. The van der Waals surface area contributed by atoms with Crippen molar-refractivity contribution in [2.45, 2.75) is 58.8 Å². The summed E-state index contributed by atoms with van der Waals surface area (Å²) >= 11 is 0. The van der Waals surface area contributed by atoms with Crippen LogP contribution in [0.25, 0.3) is 0 Å². The molecule has 232 valence electrons. The number of methoxy groups -OCH3 is 1. The van der Waals surface area contributed by atoms with Gasteiger partial charge in [0.25, 0.3) is 5.91 Å². The number of carbonyl (C=O) groups is 2. The van der Waals surface area contributed by atoms with Crippen molar-refractivity contribution in [2.75, 3.05) is 37.0 Å². The summed E-state index contributed by atoms with van der Waals surface area (Å²) in [6, 6.07) is 14.2. The van der Waals surface area contributed by atoms with Crippen LogP contribution in [0.4, 0.5) is 20.2 Å². The SMILES string of the molecule is CCCC(=O)N(CCC(=C=O)N1CCC(c2ccc(C)c(NC(=O)c3ccc(OC)cc3)c2C)CC1)c1ccc(F)cc1F. The molecule has 0 atom stereocenters. The number of benzene rings is 3. The molecule has 2 amide bonds. The van der Waals surface area contributed by atoms with Gasteiger partial charge in [-0.15, -0.1) is 0 Å². The maximum atomic E-state index is 14.6. The Labute approximate surface area is 257 Å². The standard InChI is InChI=1S/C35H39F2N3O4/c1-5-6-33(42)40(32-14-10-27(36)21-31(32)37)20-17-28(22-41)39-18-15-25(16-19-39)30-13-7-23(2)34(24(30)3)38-35(43)26-8-11-29(44-4)12-9-26/h7-14,21,25H,5-6,15-20H2,1-4H3,(H,38,43). The predicted molar refractivity (Wildman–Crippen MR) is 168 cm³/mol. The highest BCUT2D eigenvalue weighted by atomic mass is 19.1. The molecule has 1 heterocycles. The summed E-state index contributed by atoms with van der Waals surface area (Å²) in [6.45, 7) is 7.15. The number of nitrogens with zero attached hydrogens (tertiary/aromatic N) is 2. The highest BCUT2D eigenvalue weighted by Gasteiger charge is 2.26. The maximum Gasteiger partial charge on any atom is 0.255 e. The molecule has 0 aromatic heterocycles. The lowest BCUT2D eigenvalue weighted by atomic mass is 9.85. The second kappa shape index (κ2) is 14.8. The fraction of sp³-hybridized carbons (Fsp3) is 0.371. The summed E-state index contributed by atoms with van der Waals surface area (Å²) in [6.07, 6.45) is 2.55. The van der Waals surface area contributed by atoms with E-state index in [-0.39, 0.29) is 42.8 Å². The van der Waals surface area contributed by atoms with E-state index < -0.39 is 11.6 Å². The van der Waals surface area contributed by atoms with Gasteiger partial charge in [0.15, 0.2) is 0 Å². The number of halogens is 2. The number of hydrogen-bond donors (Lipinski definition) is 1. The molecule has 4 rings (SSSR count). The number of anilines is 2. The summed E-state index contributed by atoms with van der Waals surface area (Å²) in [4.78, 5) is 41.1. The zero-order valence-corrected chi connectivity index (χ0v) is 25.7. The Kier molecular flexibility index (Phi) is 10.9. The van der Waals surface area contributed by atoms with E-state index in [4.69, 9.17) is 4.74 Å². The Morgan fingerprint density at radius 2 is 1.73 bits per heavy atom. The van der Waals surface area contributed by atoms with Crippen molar-refractivity contribution in [3.05, 3.63) is 94.2 Å². The minimum absolute atomic E-state index is 0.00135. The quantitative estimate of drug-likeness (QED) is 0.240. The van der Waals surface area contributed by atoms with Gasteiger partial charge in [0.1, 0.15) is 29.0 Å². The zero-order chi connectivity index (χ0) is 31.8. The monoisotopic (exact) mass is 603 g/mol. The molecule has 3 aromatic carbocycles. The number of ether oxygens (including phenoxy) is 1. The molecule has 0 aliphatic carbocycles. The van der Waals surface area contributed by atoms with Crippen LogP contribution in [0.15, 0.2) is 60.3 Å². The van der Waals surface area contributed by atoms with Crippen LogP contribution in [-0.4, -0.2) is 49.4 Å². The first kappa shape index (κ1) is 32.4. The first-order chi connectivity index (χ1) is 21.2. The molecule has 1 N–H and O–H groups in total. The number of likely N-dealkylation sites (tertiary alicyclic amines) is 1. The minimum atomic E-state index is -0.820. The molecule has 1 aliphatic rings. The smallest absolute Gasteiger partial charge is 0.255 e. The third kappa shape index (κ3) is 7.53. The largest absolute Gasteiger partial charge is 0.497 e. The van der Waals surface area contributed by atoms with Crippen LogP contribution in [0.2, 0.25) is 0 Å². The molecule has 0 radical (unpaired) electrons. The van der Waals surface area contributed by atoms with Crippen molar-refractivity contribution >= 4 is 29.1 Å². The van der Waals surface area contributed by atoms with E-state index in [1.165, 1.54) is 11.0 Å². The molecule has 3 aromatic rings. The van der Waals surface area contributed by atoms with Crippen LogP contribution >= 0.6 is 0 Å². The van der Waals surface area contributed by atoms with E-state index in [9.17, 15) is 23.2 Å². The van der Waals surface area contributed by atoms with Crippen molar-refractivity contribution in [1.29, 1.82) is 0 Å². The molecule has 44 heavy (non-hydrogen) atoms. The summed E-state index contributed by atoms with van der Waals surface area (Å²) in [7, 11) is 1.58. The molecular formula is C35H39F2N3O4. The number of carbonyl (C=O) groups excluding carboxylic acids is 3. The van der Waals surface area contributed by atoms with E-state index >= 15 is 0 Å². The minimum Gasteiger partial charge on any atom is -0.497 e. The number of nitrogens with one attached hydrogen (secondary N) is 1. The average molecular weight is 604 g/mol. The van der Waals surface area contributed by atoms with Gasteiger partial charge in [-0.05, 0) is 92.1 Å². The summed E-state index contributed by atoms with van der Waals surface area (Å²) in [5.41, 5.74) is 4.89. The van der Waals surface area contributed by atoms with Gasteiger partial charge in [0.2, 0.25) is 5.91 Å². The lowest BCUT2D eigenvalue weighted by molar-refractivity contribution is -0.118. The maximum absolute atomic E-state index is 14.6. The van der Waals surface area contributed by atoms with Gasteiger partial charge in [-0.2, -0.15) is 0 Å². The molecule has 0 spiro atoms. The lowest BCUT2D eigenvalue weighted by Gasteiger charge is -2.35. The molecule has 1 fully saturated rings. The molecule has 1 saturated heterocycles. The normalized spacial score (nSPS) is 13.3. The van der Waals surface area contributed by atoms with Gasteiger partial charge in [-0.1, -0.05) is 19.1 Å². The number of rotatable bonds is 11. The number of aryl methyl sites for hydroxylation is 1. The second-order valence-corrected chi connectivity index (χ2v) is 11.1. The third-order valence-corrected chi connectivity index (χ3v) is 8.28. The van der Waals surface area contributed by atoms with Crippen molar-refractivity contribution in [1.82, 2.24) is 4.90 Å². The lowest BCUT2D eigenvalue weighted by Crippen LogP contribution is -2.37. The van der Waals surface area contributed by atoms with Gasteiger partial charge in [0, 0.05) is 49.8 Å².